The molecule has 4 amide bonds. The van der Waals surface area contributed by atoms with Gasteiger partial charge in [0.25, 0.3) is 11.8 Å². The minimum Gasteiger partial charge on any atom is -0.471 e. The minimum atomic E-state index is -4.01. The molecule has 8 rings (SSSR count). The van der Waals surface area contributed by atoms with E-state index in [1.165, 1.54) is 23.1 Å². The highest BCUT2D eigenvalue weighted by atomic mass is 32.2. The predicted octanol–water partition coefficient (Wildman–Crippen LogP) is 3.48. The Kier molecular flexibility index (Phi) is 9.41. The summed E-state index contributed by atoms with van der Waals surface area (Å²) in [5.41, 5.74) is -0.360. The second kappa shape index (κ2) is 14.0. The maximum absolute atomic E-state index is 14.6. The molecule has 5 atom stereocenters. The van der Waals surface area contributed by atoms with Crippen LogP contribution in [0.4, 0.5) is 4.39 Å². The van der Waals surface area contributed by atoms with E-state index in [-0.39, 0.29) is 48.8 Å². The smallest absolute Gasteiger partial charge is 0.274 e. The van der Waals surface area contributed by atoms with Gasteiger partial charge < -0.3 is 24.8 Å². The van der Waals surface area contributed by atoms with Crippen molar-refractivity contribution in [2.75, 3.05) is 6.54 Å². The van der Waals surface area contributed by atoms with Crippen molar-refractivity contribution < 1.29 is 41.2 Å². The van der Waals surface area contributed by atoms with Crippen molar-refractivity contribution in [1.82, 2.24) is 35.4 Å². The number of halogens is 1. The average Bonchev–Trinajstić information content (AvgIpc) is 4.11. The molecule has 0 radical (unpaired) electrons. The van der Waals surface area contributed by atoms with Crippen molar-refractivity contribution in [2.45, 2.75) is 119 Å². The van der Waals surface area contributed by atoms with E-state index in [0.29, 0.717) is 42.7 Å². The quantitative estimate of drug-likeness (QED) is 0.283. The first kappa shape index (κ1) is 37.0. The van der Waals surface area contributed by atoms with Crippen molar-refractivity contribution in [3.63, 3.8) is 0 Å². The highest BCUT2D eigenvalue weighted by molar-refractivity contribution is 7.91. The SMILES string of the molecule is Cc1nc2ccc(F)cc2nc1O[C@@H]1C[C@H]2C(=O)N[C@]3(C(=O)NS(=O)(=O)C4(C)CC4)CC3/C=C\CCCCC[C@H](NC(=O)c3cc(C4CC4)on3)C(=O)N2C1. The zero-order chi connectivity index (χ0) is 38.7. The van der Waals surface area contributed by atoms with Crippen LogP contribution in [0.5, 0.6) is 5.88 Å². The second-order valence-electron chi connectivity index (χ2n) is 15.9. The fraction of sp³-hybridized carbons (Fsp3) is 0.553. The third-order valence-electron chi connectivity index (χ3n) is 11.6. The van der Waals surface area contributed by atoms with Crippen molar-refractivity contribution >= 4 is 44.7 Å². The average molecular weight is 778 g/mol. The Labute approximate surface area is 317 Å². The Morgan fingerprint density at radius 2 is 1.87 bits per heavy atom. The monoisotopic (exact) mass is 777 g/mol. The first-order chi connectivity index (χ1) is 26.2. The van der Waals surface area contributed by atoms with Crippen LogP contribution in [-0.4, -0.2) is 87.1 Å². The van der Waals surface area contributed by atoms with E-state index in [9.17, 15) is 32.0 Å². The molecule has 5 aliphatic rings. The first-order valence-electron chi connectivity index (χ1n) is 19.0. The fourth-order valence-corrected chi connectivity index (χ4v) is 8.82. The summed E-state index contributed by atoms with van der Waals surface area (Å²) in [5.74, 6) is -2.63. The number of allylic oxidation sites excluding steroid dienone is 1. The molecule has 15 nitrogen and oxygen atoms in total. The lowest BCUT2D eigenvalue weighted by molar-refractivity contribution is -0.141. The summed E-state index contributed by atoms with van der Waals surface area (Å²) in [4.78, 5) is 66.6. The summed E-state index contributed by atoms with van der Waals surface area (Å²) in [6.07, 6.45) is 8.93. The van der Waals surface area contributed by atoms with Gasteiger partial charge in [-0.1, -0.05) is 30.2 Å². The summed E-state index contributed by atoms with van der Waals surface area (Å²) in [6, 6.07) is 3.40. The number of nitrogens with one attached hydrogen (secondary N) is 3. The summed E-state index contributed by atoms with van der Waals surface area (Å²) in [6.45, 7) is 3.17. The van der Waals surface area contributed by atoms with Crippen LogP contribution in [0, 0.1) is 18.7 Å². The largest absolute Gasteiger partial charge is 0.471 e. The summed E-state index contributed by atoms with van der Waals surface area (Å²) in [7, 11) is -4.01. The first-order valence-corrected chi connectivity index (χ1v) is 20.5. The maximum atomic E-state index is 14.6. The third-order valence-corrected chi connectivity index (χ3v) is 13.7. The number of amides is 4. The van der Waals surface area contributed by atoms with Gasteiger partial charge in [-0.15, -0.1) is 0 Å². The number of aryl methyl sites for hydroxylation is 1. The predicted molar refractivity (Wildman–Crippen MR) is 194 cm³/mol. The molecule has 1 unspecified atom stereocenters. The van der Waals surface area contributed by atoms with E-state index < -0.39 is 73.9 Å². The van der Waals surface area contributed by atoms with Gasteiger partial charge >= 0.3 is 0 Å². The third kappa shape index (κ3) is 7.42. The number of carbonyl (C=O) groups is 4. The summed E-state index contributed by atoms with van der Waals surface area (Å²) >= 11 is 0. The molecular weight excluding hydrogens is 734 g/mol. The van der Waals surface area contributed by atoms with Gasteiger partial charge in [-0.25, -0.2) is 22.8 Å². The lowest BCUT2D eigenvalue weighted by atomic mass is 10.0. The Morgan fingerprint density at radius 3 is 2.64 bits per heavy atom. The van der Waals surface area contributed by atoms with Gasteiger partial charge in [0.2, 0.25) is 27.7 Å². The Bertz CT molecular complexity index is 2200. The molecule has 3 saturated carbocycles. The molecule has 3 aromatic rings. The molecule has 0 bridgehead atoms. The van der Waals surface area contributed by atoms with Crippen LogP contribution in [-0.2, 0) is 24.4 Å². The van der Waals surface area contributed by atoms with Crippen LogP contribution < -0.4 is 20.1 Å². The zero-order valence-corrected chi connectivity index (χ0v) is 31.5. The van der Waals surface area contributed by atoms with Crippen LogP contribution in [0.15, 0.2) is 40.9 Å². The molecule has 1 saturated heterocycles. The molecule has 55 heavy (non-hydrogen) atoms. The molecule has 17 heteroatoms. The van der Waals surface area contributed by atoms with Gasteiger partial charge in [0.15, 0.2) is 5.69 Å². The molecular formula is C38H44FN7O8S. The van der Waals surface area contributed by atoms with E-state index in [1.807, 2.05) is 12.2 Å². The van der Waals surface area contributed by atoms with E-state index in [2.05, 4.69) is 30.5 Å². The van der Waals surface area contributed by atoms with E-state index in [4.69, 9.17) is 9.26 Å². The van der Waals surface area contributed by atoms with Crippen LogP contribution in [0.1, 0.15) is 105 Å². The van der Waals surface area contributed by atoms with Crippen molar-refractivity contribution in [3.05, 3.63) is 59.4 Å². The zero-order valence-electron chi connectivity index (χ0n) is 30.7. The van der Waals surface area contributed by atoms with E-state index >= 15 is 0 Å². The summed E-state index contributed by atoms with van der Waals surface area (Å²) in [5, 5.41) is 9.63. The number of nitrogens with zero attached hydrogens (tertiary/aromatic N) is 4. The second-order valence-corrected chi connectivity index (χ2v) is 18.1. The number of aromatic nitrogens is 3. The Balaban J connectivity index is 1.09. The molecule has 2 aromatic heterocycles. The van der Waals surface area contributed by atoms with Crippen LogP contribution in [0.3, 0.4) is 0 Å². The number of hydrogen-bond acceptors (Lipinski definition) is 11. The van der Waals surface area contributed by atoms with Gasteiger partial charge in [-0.05, 0) is 77.3 Å². The number of carbonyl (C=O) groups excluding carboxylic acids is 4. The van der Waals surface area contributed by atoms with Gasteiger partial charge in [-0.3, -0.25) is 23.9 Å². The standard InChI is InChI=1S/C38H44FN7O8S/c1-21-34(42-28-16-24(39)12-13-26(28)40-21)53-25-17-30-33(48)43-38(36(50)45-55(51,52)37(2)14-15-37)19-23(38)8-6-4-3-5-7-9-27(35(49)46(30)20-25)41-32(47)29-18-31(54-44-29)22-10-11-22/h6,8,12-13,16,18,22-23,25,27,30H,3-5,7,9-11,14-15,17,19-20H2,1-2H3,(H,41,47)(H,43,48)(H,45,50)/b8-6-/t23?,25-,27+,30+,38-/m1/s1. The Morgan fingerprint density at radius 1 is 1.07 bits per heavy atom. The topological polar surface area (TPSA) is 203 Å². The van der Waals surface area contributed by atoms with Crippen molar-refractivity contribution in [1.29, 1.82) is 0 Å². The normalized spacial score (nSPS) is 28.5. The fourth-order valence-electron chi connectivity index (χ4n) is 7.50. The van der Waals surface area contributed by atoms with Crippen molar-refractivity contribution in [2.24, 2.45) is 5.92 Å². The highest BCUT2D eigenvalue weighted by Gasteiger charge is 2.63. The number of hydrogen-bond donors (Lipinski definition) is 3. The lowest BCUT2D eigenvalue weighted by Crippen LogP contribution is -2.58. The molecule has 4 fully saturated rings. The number of rotatable bonds is 8. The highest BCUT2D eigenvalue weighted by Crippen LogP contribution is 2.47. The number of benzene rings is 1. The van der Waals surface area contributed by atoms with Crippen LogP contribution in [0.2, 0.25) is 0 Å². The van der Waals surface area contributed by atoms with Crippen LogP contribution in [0.25, 0.3) is 11.0 Å². The molecule has 3 aliphatic carbocycles. The maximum Gasteiger partial charge on any atom is 0.274 e. The Hall–Kier alpha value is -4.93. The molecule has 0 spiro atoms. The molecule has 4 heterocycles. The van der Waals surface area contributed by atoms with E-state index in [1.54, 1.807) is 19.9 Å². The molecule has 1 aromatic carbocycles. The van der Waals surface area contributed by atoms with Crippen molar-refractivity contribution in [3.8, 4) is 5.88 Å². The van der Waals surface area contributed by atoms with Gasteiger partial charge in [-0.2, -0.15) is 0 Å². The van der Waals surface area contributed by atoms with Gasteiger partial charge in [0.05, 0.1) is 22.3 Å². The number of fused-ring (bicyclic) bond motifs is 3. The minimum absolute atomic E-state index is 0.0246. The number of sulfonamides is 1. The number of ether oxygens (including phenoxy) is 1. The van der Waals surface area contributed by atoms with Crippen LogP contribution >= 0.6 is 0 Å². The molecule has 292 valence electrons. The summed E-state index contributed by atoms with van der Waals surface area (Å²) < 4.78 is 53.2. The molecule has 3 N–H and O–H groups in total. The van der Waals surface area contributed by atoms with E-state index in [0.717, 1.165) is 25.7 Å². The lowest BCUT2D eigenvalue weighted by Gasteiger charge is -2.30. The molecule has 2 aliphatic heterocycles. The van der Waals surface area contributed by atoms with Gasteiger partial charge in [0, 0.05) is 30.4 Å². The van der Waals surface area contributed by atoms with Gasteiger partial charge in [0.1, 0.15) is 41.0 Å².